The summed E-state index contributed by atoms with van der Waals surface area (Å²) in [5.74, 6) is -0.155. The van der Waals surface area contributed by atoms with E-state index in [1.54, 1.807) is 30.7 Å². The molecule has 4 N–H and O–H groups in total. The van der Waals surface area contributed by atoms with Gasteiger partial charge < -0.3 is 16.0 Å². The maximum Gasteiger partial charge on any atom is 0.178 e. The highest BCUT2D eigenvalue weighted by Gasteiger charge is 2.16. The van der Waals surface area contributed by atoms with Gasteiger partial charge in [-0.1, -0.05) is 39.5 Å². The zero-order valence-electron chi connectivity index (χ0n) is 22.1. The summed E-state index contributed by atoms with van der Waals surface area (Å²) in [6.07, 6.45) is 6.05. The zero-order valence-corrected chi connectivity index (χ0v) is 22.1. The van der Waals surface area contributed by atoms with Crippen LogP contribution in [-0.4, -0.2) is 19.9 Å². The van der Waals surface area contributed by atoms with Crippen molar-refractivity contribution in [3.63, 3.8) is 0 Å². The zero-order chi connectivity index (χ0) is 27.7. The molecule has 39 heavy (non-hydrogen) atoms. The van der Waals surface area contributed by atoms with E-state index < -0.39 is 5.82 Å². The fourth-order valence-electron chi connectivity index (χ4n) is 4.67. The highest BCUT2D eigenvalue weighted by Crippen LogP contribution is 2.32. The number of nitrogens with two attached hydrogens (primary N) is 1. The number of halogens is 2. The summed E-state index contributed by atoms with van der Waals surface area (Å²) in [5.41, 5.74) is 12.6. The topological polar surface area (TPSA) is 92.5 Å². The summed E-state index contributed by atoms with van der Waals surface area (Å²) >= 11 is 0. The quantitative estimate of drug-likeness (QED) is 0.192. The van der Waals surface area contributed by atoms with Crippen LogP contribution in [0.4, 0.5) is 20.2 Å². The molecular formula is C31H30F2N6. The van der Waals surface area contributed by atoms with Crippen LogP contribution >= 0.6 is 0 Å². The number of benzene rings is 2. The minimum absolute atomic E-state index is 0.0807. The van der Waals surface area contributed by atoms with Gasteiger partial charge in [-0.05, 0) is 59.4 Å². The van der Waals surface area contributed by atoms with Crippen LogP contribution in [-0.2, 0) is 6.42 Å². The fourth-order valence-corrected chi connectivity index (χ4v) is 4.67. The lowest BCUT2D eigenvalue weighted by atomic mass is 9.91. The second kappa shape index (κ2) is 10.3. The van der Waals surface area contributed by atoms with E-state index >= 15 is 4.39 Å². The van der Waals surface area contributed by atoms with Gasteiger partial charge in [-0.2, -0.15) is 0 Å². The maximum absolute atomic E-state index is 15.1. The van der Waals surface area contributed by atoms with Crippen LogP contribution in [0.2, 0.25) is 0 Å². The largest absolute Gasteiger partial charge is 0.398 e. The smallest absolute Gasteiger partial charge is 0.178 e. The third-order valence-electron chi connectivity index (χ3n) is 6.28. The number of hydrogen-bond donors (Lipinski definition) is 3. The second-order valence-corrected chi connectivity index (χ2v) is 10.9. The first-order chi connectivity index (χ1) is 18.6. The Hall–Kier alpha value is -4.59. The van der Waals surface area contributed by atoms with Crippen LogP contribution in [0.25, 0.3) is 33.4 Å². The molecule has 0 radical (unpaired) electrons. The van der Waals surface area contributed by atoms with Crippen molar-refractivity contribution in [2.24, 2.45) is 5.41 Å². The molecule has 0 aliphatic carbocycles. The van der Waals surface area contributed by atoms with Gasteiger partial charge in [0.1, 0.15) is 17.5 Å². The van der Waals surface area contributed by atoms with Crippen LogP contribution in [0.3, 0.4) is 0 Å². The average Bonchev–Trinajstić information content (AvgIpc) is 3.27. The molecule has 0 aliphatic rings. The Morgan fingerprint density at radius 3 is 2.62 bits per heavy atom. The molecule has 0 bridgehead atoms. The molecule has 5 rings (SSSR count). The molecule has 0 fully saturated rings. The standard InChI is InChI=1S/C31H30F2N6/c1-18(15-31(2,3)4)37-23-11-21(16-35-17-23)25-12-20(27(34)14-26(25)33)13-28-38-29-24(8-9-36-30(29)39-28)19-6-5-7-22(32)10-19/h5-12,14,16-17,37H,1,13,15,34H2,2-4H3,(H,36,38,39). The normalized spacial score (nSPS) is 11.6. The summed E-state index contributed by atoms with van der Waals surface area (Å²) in [4.78, 5) is 16.6. The molecule has 5 aromatic rings. The number of H-pyrrole nitrogens is 1. The molecule has 0 aliphatic heterocycles. The Kier molecular flexibility index (Phi) is 6.87. The van der Waals surface area contributed by atoms with Gasteiger partial charge in [0.15, 0.2) is 5.65 Å². The number of aromatic amines is 1. The molecule has 198 valence electrons. The summed E-state index contributed by atoms with van der Waals surface area (Å²) in [7, 11) is 0. The van der Waals surface area contributed by atoms with E-state index in [9.17, 15) is 4.39 Å². The predicted molar refractivity (Wildman–Crippen MR) is 153 cm³/mol. The van der Waals surface area contributed by atoms with Crippen molar-refractivity contribution >= 4 is 22.5 Å². The Labute approximate surface area is 226 Å². The summed E-state index contributed by atoms with van der Waals surface area (Å²) in [6.45, 7) is 10.5. The predicted octanol–water partition coefficient (Wildman–Crippen LogP) is 7.50. The molecule has 0 saturated heterocycles. The van der Waals surface area contributed by atoms with Gasteiger partial charge in [0.05, 0.1) is 17.4 Å². The van der Waals surface area contributed by atoms with Crippen molar-refractivity contribution in [3.8, 4) is 22.3 Å². The number of anilines is 2. The number of rotatable bonds is 7. The first kappa shape index (κ1) is 26.0. The SMILES string of the molecule is C=C(CC(C)(C)C)Nc1cncc(-c2cc(Cc3nc4nccc(-c5cccc(F)c5)c4[nH]3)c(N)cc2F)c1. The van der Waals surface area contributed by atoms with Crippen LogP contribution in [0.5, 0.6) is 0 Å². The van der Waals surface area contributed by atoms with E-state index in [2.05, 4.69) is 52.6 Å². The lowest BCUT2D eigenvalue weighted by Gasteiger charge is -2.20. The molecular weight excluding hydrogens is 494 g/mol. The number of hydrogen-bond acceptors (Lipinski definition) is 5. The molecule has 0 saturated carbocycles. The van der Waals surface area contributed by atoms with Gasteiger partial charge in [-0.25, -0.2) is 18.7 Å². The minimum Gasteiger partial charge on any atom is -0.398 e. The van der Waals surface area contributed by atoms with Crippen molar-refractivity contribution in [3.05, 3.63) is 102 Å². The third kappa shape index (κ3) is 5.95. The van der Waals surface area contributed by atoms with Crippen LogP contribution < -0.4 is 11.1 Å². The van der Waals surface area contributed by atoms with E-state index in [0.29, 0.717) is 51.4 Å². The monoisotopic (exact) mass is 524 g/mol. The van der Waals surface area contributed by atoms with Gasteiger partial charge in [0.2, 0.25) is 0 Å². The van der Waals surface area contributed by atoms with E-state index in [1.165, 1.54) is 18.2 Å². The molecule has 3 aromatic heterocycles. The Morgan fingerprint density at radius 1 is 1.03 bits per heavy atom. The Balaban J connectivity index is 1.45. The lowest BCUT2D eigenvalue weighted by Crippen LogP contribution is -2.10. The lowest BCUT2D eigenvalue weighted by molar-refractivity contribution is 0.411. The number of allylic oxidation sites excluding steroid dienone is 1. The number of aromatic nitrogens is 4. The molecule has 6 nitrogen and oxygen atoms in total. The first-order valence-electron chi connectivity index (χ1n) is 12.6. The van der Waals surface area contributed by atoms with Crippen molar-refractivity contribution < 1.29 is 8.78 Å². The molecule has 0 atom stereocenters. The van der Waals surface area contributed by atoms with Gasteiger partial charge in [0.25, 0.3) is 0 Å². The van der Waals surface area contributed by atoms with Crippen LogP contribution in [0, 0.1) is 17.0 Å². The Bertz CT molecular complexity index is 1680. The van der Waals surface area contributed by atoms with E-state index in [0.717, 1.165) is 23.4 Å². The molecule has 0 unspecified atom stereocenters. The highest BCUT2D eigenvalue weighted by molar-refractivity contribution is 5.89. The van der Waals surface area contributed by atoms with Gasteiger partial charge in [-0.3, -0.25) is 4.98 Å². The van der Waals surface area contributed by atoms with Crippen molar-refractivity contribution in [1.82, 2.24) is 19.9 Å². The Morgan fingerprint density at radius 2 is 1.85 bits per heavy atom. The molecule has 0 amide bonds. The number of pyridine rings is 2. The number of imidazole rings is 1. The number of nitrogens with one attached hydrogen (secondary N) is 2. The summed E-state index contributed by atoms with van der Waals surface area (Å²) in [5, 5.41) is 3.28. The van der Waals surface area contributed by atoms with E-state index in [1.807, 2.05) is 18.2 Å². The molecule has 8 heteroatoms. The van der Waals surface area contributed by atoms with Crippen molar-refractivity contribution in [2.45, 2.75) is 33.6 Å². The van der Waals surface area contributed by atoms with E-state index in [-0.39, 0.29) is 11.2 Å². The average molecular weight is 525 g/mol. The highest BCUT2D eigenvalue weighted by atomic mass is 19.1. The fraction of sp³-hybridized carbons (Fsp3) is 0.194. The maximum atomic E-state index is 15.1. The van der Waals surface area contributed by atoms with E-state index in [4.69, 9.17) is 5.73 Å². The summed E-state index contributed by atoms with van der Waals surface area (Å²) in [6, 6.07) is 13.1. The van der Waals surface area contributed by atoms with Crippen LogP contribution in [0.15, 0.2) is 79.4 Å². The van der Waals surface area contributed by atoms with Gasteiger partial charge in [0, 0.05) is 46.9 Å². The number of nitrogen functional groups attached to an aromatic ring is 1. The third-order valence-corrected chi connectivity index (χ3v) is 6.28. The molecule has 2 aromatic carbocycles. The second-order valence-electron chi connectivity index (χ2n) is 10.9. The number of nitrogens with zero attached hydrogens (tertiary/aromatic N) is 3. The first-order valence-corrected chi connectivity index (χ1v) is 12.6. The summed E-state index contributed by atoms with van der Waals surface area (Å²) < 4.78 is 29.0. The van der Waals surface area contributed by atoms with Crippen molar-refractivity contribution in [1.29, 1.82) is 0 Å². The molecule has 3 heterocycles. The van der Waals surface area contributed by atoms with Gasteiger partial charge >= 0.3 is 0 Å². The minimum atomic E-state index is -0.441. The molecule has 0 spiro atoms. The van der Waals surface area contributed by atoms with Crippen molar-refractivity contribution in [2.75, 3.05) is 11.1 Å². The number of fused-ring (bicyclic) bond motifs is 1. The van der Waals surface area contributed by atoms with Crippen LogP contribution in [0.1, 0.15) is 38.6 Å². The van der Waals surface area contributed by atoms with Gasteiger partial charge in [-0.15, -0.1) is 0 Å².